The van der Waals surface area contributed by atoms with Gasteiger partial charge in [-0.15, -0.1) is 0 Å². The lowest BCUT2D eigenvalue weighted by molar-refractivity contribution is -0.128. The molecule has 1 aliphatic rings. The van der Waals surface area contributed by atoms with Crippen LogP contribution in [0.1, 0.15) is 24.0 Å². The molecular weight excluding hydrogens is 418 g/mol. The van der Waals surface area contributed by atoms with Crippen LogP contribution in [0.15, 0.2) is 48.5 Å². The van der Waals surface area contributed by atoms with Crippen molar-refractivity contribution in [2.24, 2.45) is 0 Å². The Morgan fingerprint density at radius 2 is 1.87 bits per heavy atom. The van der Waals surface area contributed by atoms with Gasteiger partial charge < -0.3 is 15.0 Å². The largest absolute Gasteiger partial charge is 0.497 e. The van der Waals surface area contributed by atoms with E-state index in [2.05, 4.69) is 5.32 Å². The van der Waals surface area contributed by atoms with Gasteiger partial charge in [0.15, 0.2) is 0 Å². The number of carbonyl (C=O) groups excluding carboxylic acids is 2. The van der Waals surface area contributed by atoms with Crippen LogP contribution in [-0.4, -0.2) is 51.6 Å². The lowest BCUT2D eigenvalue weighted by Gasteiger charge is -2.22. The summed E-state index contributed by atoms with van der Waals surface area (Å²) in [5.74, 6) is 0.269. The molecule has 0 aliphatic carbocycles. The fraction of sp³-hybridized carbons (Fsp3) is 0.364. The Kier molecular flexibility index (Phi) is 7.17. The van der Waals surface area contributed by atoms with Crippen LogP contribution in [0.2, 0.25) is 0 Å². The second kappa shape index (κ2) is 9.82. The molecule has 1 aliphatic heterocycles. The highest BCUT2D eigenvalue weighted by atomic mass is 32.2. The smallest absolute Gasteiger partial charge is 0.241 e. The number of benzene rings is 2. The molecule has 1 fully saturated rings. The summed E-state index contributed by atoms with van der Waals surface area (Å²) >= 11 is 0. The lowest BCUT2D eigenvalue weighted by Crippen LogP contribution is -2.40. The molecule has 0 unspecified atom stereocenters. The number of methoxy groups -OCH3 is 1. The number of hydrogen-bond acceptors (Lipinski definition) is 5. The van der Waals surface area contributed by atoms with Gasteiger partial charge in [0.25, 0.3) is 0 Å². The quantitative estimate of drug-likeness (QED) is 0.636. The number of carbonyl (C=O) groups is 2. The van der Waals surface area contributed by atoms with Crippen LogP contribution in [0.5, 0.6) is 5.75 Å². The van der Waals surface area contributed by atoms with Crippen LogP contribution in [0.3, 0.4) is 0 Å². The fourth-order valence-electron chi connectivity index (χ4n) is 3.41. The number of rotatable bonds is 9. The maximum atomic E-state index is 12.4. The van der Waals surface area contributed by atoms with E-state index in [1.54, 1.807) is 24.3 Å². The Labute approximate surface area is 182 Å². The number of amides is 2. The highest BCUT2D eigenvalue weighted by molar-refractivity contribution is 7.92. The average Bonchev–Trinajstić information content (AvgIpc) is 3.15. The second-order valence-electron chi connectivity index (χ2n) is 7.48. The van der Waals surface area contributed by atoms with Gasteiger partial charge in [-0.25, -0.2) is 8.42 Å². The first-order chi connectivity index (χ1) is 14.8. The topological polar surface area (TPSA) is 96.0 Å². The number of anilines is 1. The van der Waals surface area contributed by atoms with E-state index in [4.69, 9.17) is 4.74 Å². The summed E-state index contributed by atoms with van der Waals surface area (Å²) in [6.45, 7) is 1.33. The number of nitrogens with zero attached hydrogens (tertiary/aromatic N) is 2. The normalized spacial score (nSPS) is 13.9. The third kappa shape index (κ3) is 6.21. The van der Waals surface area contributed by atoms with E-state index < -0.39 is 15.9 Å². The van der Waals surface area contributed by atoms with E-state index in [1.807, 2.05) is 29.2 Å². The van der Waals surface area contributed by atoms with Crippen molar-refractivity contribution in [1.82, 2.24) is 10.2 Å². The maximum absolute atomic E-state index is 12.4. The first-order valence-corrected chi connectivity index (χ1v) is 11.8. The predicted molar refractivity (Wildman–Crippen MR) is 118 cm³/mol. The van der Waals surface area contributed by atoms with Crippen molar-refractivity contribution in [2.45, 2.75) is 25.9 Å². The molecule has 8 nitrogen and oxygen atoms in total. The van der Waals surface area contributed by atoms with Crippen LogP contribution >= 0.6 is 0 Å². The van der Waals surface area contributed by atoms with Gasteiger partial charge in [-0.3, -0.25) is 13.9 Å². The highest BCUT2D eigenvalue weighted by Crippen LogP contribution is 2.23. The van der Waals surface area contributed by atoms with Gasteiger partial charge in [-0.2, -0.15) is 0 Å². The number of ether oxygens (including phenoxy) is 1. The second-order valence-corrected chi connectivity index (χ2v) is 9.39. The van der Waals surface area contributed by atoms with E-state index >= 15 is 0 Å². The zero-order chi connectivity index (χ0) is 22.4. The molecule has 0 radical (unpaired) electrons. The molecule has 31 heavy (non-hydrogen) atoms. The average molecular weight is 446 g/mol. The van der Waals surface area contributed by atoms with Crippen LogP contribution < -0.4 is 14.4 Å². The Morgan fingerprint density at radius 3 is 2.48 bits per heavy atom. The number of nitrogens with one attached hydrogen (secondary N) is 1. The summed E-state index contributed by atoms with van der Waals surface area (Å²) in [5.41, 5.74) is 2.28. The summed E-state index contributed by atoms with van der Waals surface area (Å²) in [6, 6.07) is 14.2. The third-order valence-corrected chi connectivity index (χ3v) is 6.23. The Hall–Kier alpha value is -3.07. The molecule has 2 aromatic carbocycles. The minimum atomic E-state index is -3.66. The summed E-state index contributed by atoms with van der Waals surface area (Å²) in [7, 11) is -2.17. The standard InChI is InChI=1S/C22H27N3O5S/c1-30-20-6-3-5-19(13-20)25(31(2,28)29)16-21(26)23-14-17-8-10-18(11-9-17)15-24-12-4-7-22(24)27/h3,5-6,8-11,13H,4,7,12,14-16H2,1-2H3,(H,23,26). The first kappa shape index (κ1) is 22.6. The van der Waals surface area contributed by atoms with E-state index in [0.717, 1.165) is 34.7 Å². The minimum Gasteiger partial charge on any atom is -0.497 e. The van der Waals surface area contributed by atoms with Gasteiger partial charge in [0.05, 0.1) is 19.1 Å². The zero-order valence-corrected chi connectivity index (χ0v) is 18.5. The van der Waals surface area contributed by atoms with Crippen LogP contribution in [0.4, 0.5) is 5.69 Å². The first-order valence-electron chi connectivity index (χ1n) is 10.0. The molecule has 9 heteroatoms. The lowest BCUT2D eigenvalue weighted by atomic mass is 10.1. The van der Waals surface area contributed by atoms with Crippen molar-refractivity contribution in [3.63, 3.8) is 0 Å². The molecule has 0 aromatic heterocycles. The van der Waals surface area contributed by atoms with Crippen molar-refractivity contribution >= 4 is 27.5 Å². The van der Waals surface area contributed by atoms with Crippen molar-refractivity contribution in [2.75, 3.05) is 30.8 Å². The predicted octanol–water partition coefficient (Wildman–Crippen LogP) is 1.90. The fourth-order valence-corrected chi connectivity index (χ4v) is 4.25. The van der Waals surface area contributed by atoms with Gasteiger partial charge in [0.2, 0.25) is 21.8 Å². The molecule has 0 saturated carbocycles. The molecule has 166 valence electrons. The van der Waals surface area contributed by atoms with E-state index in [1.165, 1.54) is 7.11 Å². The number of sulfonamides is 1. The van der Waals surface area contributed by atoms with Crippen molar-refractivity contribution in [3.05, 3.63) is 59.7 Å². The maximum Gasteiger partial charge on any atom is 0.241 e. The molecular formula is C22H27N3O5S. The molecule has 1 N–H and O–H groups in total. The summed E-state index contributed by atoms with van der Waals surface area (Å²) in [5, 5.41) is 2.76. The van der Waals surface area contributed by atoms with Crippen LogP contribution in [0, 0.1) is 0 Å². The van der Waals surface area contributed by atoms with E-state index in [9.17, 15) is 18.0 Å². The Balaban J connectivity index is 1.58. The van der Waals surface area contributed by atoms with Crippen molar-refractivity contribution in [1.29, 1.82) is 0 Å². The number of likely N-dealkylation sites (tertiary alicyclic amines) is 1. The zero-order valence-electron chi connectivity index (χ0n) is 17.7. The summed E-state index contributed by atoms with van der Waals surface area (Å²) < 4.78 is 30.6. The number of hydrogen-bond donors (Lipinski definition) is 1. The van der Waals surface area contributed by atoms with Gasteiger partial charge >= 0.3 is 0 Å². The van der Waals surface area contributed by atoms with Gasteiger partial charge in [-0.1, -0.05) is 30.3 Å². The highest BCUT2D eigenvalue weighted by Gasteiger charge is 2.22. The molecule has 1 saturated heterocycles. The van der Waals surface area contributed by atoms with Crippen LogP contribution in [0.25, 0.3) is 0 Å². The molecule has 2 aromatic rings. The van der Waals surface area contributed by atoms with Crippen LogP contribution in [-0.2, 0) is 32.7 Å². The van der Waals surface area contributed by atoms with Crippen molar-refractivity contribution in [3.8, 4) is 5.75 Å². The minimum absolute atomic E-state index is 0.183. The molecule has 1 heterocycles. The van der Waals surface area contributed by atoms with Gasteiger partial charge in [0, 0.05) is 32.1 Å². The third-order valence-electron chi connectivity index (χ3n) is 5.09. The van der Waals surface area contributed by atoms with Gasteiger partial charge in [-0.05, 0) is 29.7 Å². The summed E-state index contributed by atoms with van der Waals surface area (Å²) in [6.07, 6.45) is 2.58. The van der Waals surface area contributed by atoms with Crippen molar-refractivity contribution < 1.29 is 22.7 Å². The van der Waals surface area contributed by atoms with E-state index in [-0.39, 0.29) is 19.0 Å². The molecule has 0 atom stereocenters. The van der Waals surface area contributed by atoms with E-state index in [0.29, 0.717) is 24.4 Å². The van der Waals surface area contributed by atoms with Gasteiger partial charge in [0.1, 0.15) is 12.3 Å². The summed E-state index contributed by atoms with van der Waals surface area (Å²) in [4.78, 5) is 26.0. The molecule has 2 amide bonds. The molecule has 0 bridgehead atoms. The monoisotopic (exact) mass is 445 g/mol. The molecule has 3 rings (SSSR count). The SMILES string of the molecule is COc1cccc(N(CC(=O)NCc2ccc(CN3CCCC3=O)cc2)S(C)(=O)=O)c1. The molecule has 0 spiro atoms. The Bertz CT molecular complexity index is 1040. The Morgan fingerprint density at radius 1 is 1.16 bits per heavy atom.